The maximum atomic E-state index is 13.4. The number of nitrogens with one attached hydrogen (secondary N) is 1. The molecule has 7 nitrogen and oxygen atoms in total. The van der Waals surface area contributed by atoms with Gasteiger partial charge in [0.2, 0.25) is 5.91 Å². The number of ether oxygens (including phenoxy) is 1. The highest BCUT2D eigenvalue weighted by molar-refractivity contribution is 7.17. The lowest BCUT2D eigenvalue weighted by Crippen LogP contribution is -2.41. The molecule has 0 atom stereocenters. The van der Waals surface area contributed by atoms with E-state index in [1.165, 1.54) is 15.9 Å². The molecular formula is C24H23N3O4S. The molecule has 0 spiro atoms. The second-order valence-corrected chi connectivity index (χ2v) is 8.48. The summed E-state index contributed by atoms with van der Waals surface area (Å²) in [7, 11) is 1.59. The predicted octanol–water partition coefficient (Wildman–Crippen LogP) is 3.16. The van der Waals surface area contributed by atoms with Crippen LogP contribution in [0.2, 0.25) is 0 Å². The average molecular weight is 450 g/mol. The van der Waals surface area contributed by atoms with E-state index in [-0.39, 0.29) is 18.0 Å². The summed E-state index contributed by atoms with van der Waals surface area (Å²) in [6.45, 7) is 3.89. The molecule has 0 fully saturated rings. The SMILES string of the molecule is COc1ccc(CNC(=O)Cn2c(=O)n(-c3cc(C)ccc3C)c(=O)c3sccc32)cc1. The molecule has 0 unspecified atom stereocenters. The van der Waals surface area contributed by atoms with Gasteiger partial charge in [-0.2, -0.15) is 0 Å². The van der Waals surface area contributed by atoms with Crippen molar-refractivity contribution in [1.29, 1.82) is 0 Å². The van der Waals surface area contributed by atoms with Crippen LogP contribution in [0.1, 0.15) is 16.7 Å². The van der Waals surface area contributed by atoms with Gasteiger partial charge in [-0.25, -0.2) is 9.36 Å². The number of aromatic nitrogens is 2. The highest BCUT2D eigenvalue weighted by Gasteiger charge is 2.18. The van der Waals surface area contributed by atoms with Crippen LogP contribution in [0.25, 0.3) is 15.9 Å². The number of amides is 1. The molecule has 32 heavy (non-hydrogen) atoms. The van der Waals surface area contributed by atoms with Crippen molar-refractivity contribution in [2.24, 2.45) is 0 Å². The summed E-state index contributed by atoms with van der Waals surface area (Å²) in [6, 6.07) is 14.7. The fourth-order valence-corrected chi connectivity index (χ4v) is 4.38. The highest BCUT2D eigenvalue weighted by atomic mass is 32.1. The molecule has 2 aromatic heterocycles. The van der Waals surface area contributed by atoms with Crippen LogP contribution < -0.4 is 21.3 Å². The smallest absolute Gasteiger partial charge is 0.336 e. The fraction of sp³-hybridized carbons (Fsp3) is 0.208. The third-order valence-corrected chi connectivity index (χ3v) is 6.20. The summed E-state index contributed by atoms with van der Waals surface area (Å²) in [4.78, 5) is 39.2. The van der Waals surface area contributed by atoms with Crippen LogP contribution >= 0.6 is 11.3 Å². The Kier molecular flexibility index (Phi) is 5.96. The normalized spacial score (nSPS) is 11.0. The third-order valence-electron chi connectivity index (χ3n) is 5.31. The van der Waals surface area contributed by atoms with Crippen LogP contribution in [0.15, 0.2) is 63.5 Å². The number of hydrogen-bond donors (Lipinski definition) is 1. The first-order chi connectivity index (χ1) is 15.4. The van der Waals surface area contributed by atoms with Gasteiger partial charge < -0.3 is 10.1 Å². The Hall–Kier alpha value is -3.65. The number of aryl methyl sites for hydroxylation is 2. The zero-order valence-electron chi connectivity index (χ0n) is 18.0. The van der Waals surface area contributed by atoms with Gasteiger partial charge in [-0.3, -0.25) is 14.2 Å². The molecule has 0 aliphatic rings. The summed E-state index contributed by atoms with van der Waals surface area (Å²) in [5.74, 6) is 0.418. The van der Waals surface area contributed by atoms with Crippen molar-refractivity contribution in [3.05, 3.63) is 91.4 Å². The predicted molar refractivity (Wildman–Crippen MR) is 126 cm³/mol. The van der Waals surface area contributed by atoms with Crippen molar-refractivity contribution in [2.75, 3.05) is 7.11 Å². The van der Waals surface area contributed by atoms with Gasteiger partial charge in [0.1, 0.15) is 17.0 Å². The summed E-state index contributed by atoms with van der Waals surface area (Å²) >= 11 is 1.26. The zero-order valence-corrected chi connectivity index (χ0v) is 18.9. The summed E-state index contributed by atoms with van der Waals surface area (Å²) in [6.07, 6.45) is 0. The van der Waals surface area contributed by atoms with Crippen LogP contribution in [0.3, 0.4) is 0 Å². The number of thiophene rings is 1. The molecule has 1 N–H and O–H groups in total. The Bertz CT molecular complexity index is 1410. The molecule has 0 radical (unpaired) electrons. The van der Waals surface area contributed by atoms with E-state index >= 15 is 0 Å². The molecule has 2 aromatic carbocycles. The Morgan fingerprint density at radius 2 is 1.81 bits per heavy atom. The third kappa shape index (κ3) is 4.09. The topological polar surface area (TPSA) is 82.3 Å². The number of methoxy groups -OCH3 is 1. The van der Waals surface area contributed by atoms with Crippen LogP contribution in [0, 0.1) is 13.8 Å². The minimum absolute atomic E-state index is 0.187. The van der Waals surface area contributed by atoms with Crippen molar-refractivity contribution in [2.45, 2.75) is 26.9 Å². The minimum atomic E-state index is -0.533. The average Bonchev–Trinajstić information content (AvgIpc) is 3.28. The number of rotatable bonds is 6. The van der Waals surface area contributed by atoms with Crippen LogP contribution in [0.4, 0.5) is 0 Å². The van der Waals surface area contributed by atoms with Crippen molar-refractivity contribution >= 4 is 27.5 Å². The first kappa shape index (κ1) is 21.6. The van der Waals surface area contributed by atoms with E-state index < -0.39 is 5.69 Å². The van der Waals surface area contributed by atoms with E-state index in [4.69, 9.17) is 4.74 Å². The maximum Gasteiger partial charge on any atom is 0.336 e. The second kappa shape index (κ2) is 8.84. The van der Waals surface area contributed by atoms with E-state index in [2.05, 4.69) is 5.32 Å². The van der Waals surface area contributed by atoms with Crippen molar-refractivity contribution < 1.29 is 9.53 Å². The van der Waals surface area contributed by atoms with Gasteiger partial charge in [0.15, 0.2) is 0 Å². The lowest BCUT2D eigenvalue weighted by atomic mass is 10.1. The van der Waals surface area contributed by atoms with Gasteiger partial charge in [-0.15, -0.1) is 11.3 Å². The molecule has 164 valence electrons. The van der Waals surface area contributed by atoms with Crippen molar-refractivity contribution in [3.8, 4) is 11.4 Å². The van der Waals surface area contributed by atoms with Gasteiger partial charge in [-0.05, 0) is 60.2 Å². The van der Waals surface area contributed by atoms with Crippen molar-refractivity contribution in [1.82, 2.24) is 14.5 Å². The lowest BCUT2D eigenvalue weighted by Gasteiger charge is -2.14. The number of hydrogen-bond acceptors (Lipinski definition) is 5. The zero-order chi connectivity index (χ0) is 22.8. The van der Waals surface area contributed by atoms with Crippen LogP contribution in [-0.2, 0) is 17.9 Å². The molecule has 4 aromatic rings. The second-order valence-electron chi connectivity index (χ2n) is 7.56. The first-order valence-electron chi connectivity index (χ1n) is 10.1. The maximum absolute atomic E-state index is 13.4. The van der Waals surface area contributed by atoms with E-state index in [1.54, 1.807) is 18.6 Å². The number of nitrogens with zero attached hydrogens (tertiary/aromatic N) is 2. The fourth-order valence-electron chi connectivity index (χ4n) is 3.56. The molecule has 4 rings (SSSR count). The number of carbonyl (C=O) groups excluding carboxylic acids is 1. The van der Waals surface area contributed by atoms with Gasteiger partial charge >= 0.3 is 5.69 Å². The number of carbonyl (C=O) groups is 1. The summed E-state index contributed by atoms with van der Waals surface area (Å²) < 4.78 is 8.10. The number of benzene rings is 2. The van der Waals surface area contributed by atoms with E-state index in [0.717, 1.165) is 27.0 Å². The summed E-state index contributed by atoms with van der Waals surface area (Å²) in [5.41, 5.74) is 2.74. The molecule has 1 amide bonds. The van der Waals surface area contributed by atoms with Crippen LogP contribution in [-0.4, -0.2) is 22.2 Å². The Morgan fingerprint density at radius 3 is 2.53 bits per heavy atom. The standard InChI is InChI=1S/C24H23N3O4S/c1-15-4-5-16(2)20(12-15)27-23(29)22-19(10-11-32-22)26(24(27)30)14-21(28)25-13-17-6-8-18(31-3)9-7-17/h4-12H,13-14H2,1-3H3,(H,25,28). The minimum Gasteiger partial charge on any atom is -0.497 e. The molecule has 0 bridgehead atoms. The Labute approximate surface area is 188 Å². The molecule has 2 heterocycles. The van der Waals surface area contributed by atoms with Gasteiger partial charge in [-0.1, -0.05) is 24.3 Å². The van der Waals surface area contributed by atoms with Crippen molar-refractivity contribution in [3.63, 3.8) is 0 Å². The Balaban J connectivity index is 1.68. The molecule has 0 saturated carbocycles. The van der Waals surface area contributed by atoms with E-state index in [1.807, 2.05) is 56.3 Å². The molecule has 0 aliphatic carbocycles. The molecular weight excluding hydrogens is 426 g/mol. The summed E-state index contributed by atoms with van der Waals surface area (Å²) in [5, 5.41) is 4.59. The lowest BCUT2D eigenvalue weighted by molar-refractivity contribution is -0.121. The van der Waals surface area contributed by atoms with Gasteiger partial charge in [0, 0.05) is 6.54 Å². The first-order valence-corrected chi connectivity index (χ1v) is 11.0. The number of fused-ring (bicyclic) bond motifs is 1. The van der Waals surface area contributed by atoms with E-state index in [9.17, 15) is 14.4 Å². The quantitative estimate of drug-likeness (QED) is 0.490. The Morgan fingerprint density at radius 1 is 1.06 bits per heavy atom. The monoisotopic (exact) mass is 449 g/mol. The van der Waals surface area contributed by atoms with Crippen LogP contribution in [0.5, 0.6) is 5.75 Å². The van der Waals surface area contributed by atoms with Gasteiger partial charge in [0.25, 0.3) is 5.56 Å². The highest BCUT2D eigenvalue weighted by Crippen LogP contribution is 2.18. The largest absolute Gasteiger partial charge is 0.497 e. The molecule has 0 aliphatic heterocycles. The molecule has 8 heteroatoms. The van der Waals surface area contributed by atoms with E-state index in [0.29, 0.717) is 22.4 Å². The van der Waals surface area contributed by atoms with Gasteiger partial charge in [0.05, 0.1) is 18.3 Å². The molecule has 0 saturated heterocycles.